The number of carbonyl (C=O) groups is 1. The van der Waals surface area contributed by atoms with Gasteiger partial charge in [-0.25, -0.2) is 13.8 Å². The Kier molecular flexibility index (Phi) is 4.43. The minimum atomic E-state index is -0.995. The lowest BCUT2D eigenvalue weighted by molar-refractivity contribution is 0.0940. The fraction of sp³-hybridized carbons (Fsp3) is 0. The highest BCUT2D eigenvalue weighted by molar-refractivity contribution is 6.31. The zero-order chi connectivity index (χ0) is 17.1. The van der Waals surface area contributed by atoms with Crippen LogP contribution in [0.15, 0.2) is 47.5 Å². The summed E-state index contributed by atoms with van der Waals surface area (Å²) < 4.78 is 25.8. The number of halogens is 3. The molecule has 8 heteroatoms. The second-order valence-electron chi connectivity index (χ2n) is 4.87. The van der Waals surface area contributed by atoms with Crippen molar-refractivity contribution in [2.24, 2.45) is 4.99 Å². The minimum absolute atomic E-state index is 0.205. The number of nitrogens with zero attached hydrogens (tertiary/aromatic N) is 1. The van der Waals surface area contributed by atoms with Crippen LogP contribution in [0.2, 0.25) is 5.02 Å². The maximum atomic E-state index is 13.0. The normalized spacial score (nSPS) is 11.1. The van der Waals surface area contributed by atoms with Gasteiger partial charge < -0.3 is 4.98 Å². The molecule has 0 radical (unpaired) electrons. The Bertz CT molecular complexity index is 939. The van der Waals surface area contributed by atoms with E-state index in [1.165, 1.54) is 6.07 Å². The van der Waals surface area contributed by atoms with E-state index >= 15 is 0 Å². The van der Waals surface area contributed by atoms with Crippen molar-refractivity contribution in [3.8, 4) is 0 Å². The summed E-state index contributed by atoms with van der Waals surface area (Å²) in [6, 6.07) is 10.1. The molecule has 3 aromatic rings. The van der Waals surface area contributed by atoms with Crippen LogP contribution in [-0.2, 0) is 0 Å². The standard InChI is InChI=1S/C16H11ClF2N4O/c17-10-1-4-14-9(5-10)6-15(22-14)16(24)23-21-8-20-11-2-3-12(18)13(19)7-11/h1-8,22H,(H,20,21)(H,23,24). The summed E-state index contributed by atoms with van der Waals surface area (Å²) >= 11 is 5.89. The summed E-state index contributed by atoms with van der Waals surface area (Å²) in [5.41, 5.74) is 6.19. The molecule has 1 aromatic heterocycles. The summed E-state index contributed by atoms with van der Waals surface area (Å²) in [5.74, 6) is -2.36. The molecule has 3 rings (SSSR count). The van der Waals surface area contributed by atoms with Crippen LogP contribution in [0.5, 0.6) is 0 Å². The van der Waals surface area contributed by atoms with Gasteiger partial charge in [0.1, 0.15) is 12.0 Å². The van der Waals surface area contributed by atoms with Gasteiger partial charge in [-0.3, -0.25) is 15.6 Å². The molecule has 0 aliphatic heterocycles. The first-order chi connectivity index (χ1) is 11.5. The molecule has 122 valence electrons. The van der Waals surface area contributed by atoms with Crippen LogP contribution in [0.25, 0.3) is 10.9 Å². The van der Waals surface area contributed by atoms with E-state index in [0.29, 0.717) is 10.7 Å². The average Bonchev–Trinajstić information content (AvgIpc) is 2.97. The number of benzene rings is 2. The Morgan fingerprint density at radius 3 is 2.75 bits per heavy atom. The maximum absolute atomic E-state index is 13.0. The Morgan fingerprint density at radius 1 is 1.12 bits per heavy atom. The Labute approximate surface area is 140 Å². The van der Waals surface area contributed by atoms with Crippen molar-refractivity contribution >= 4 is 40.4 Å². The molecular weight excluding hydrogens is 338 g/mol. The molecule has 0 saturated carbocycles. The molecule has 24 heavy (non-hydrogen) atoms. The molecule has 2 aromatic carbocycles. The van der Waals surface area contributed by atoms with Gasteiger partial charge in [-0.1, -0.05) is 11.6 Å². The lowest BCUT2D eigenvalue weighted by atomic mass is 10.2. The molecule has 1 heterocycles. The first kappa shape index (κ1) is 15.9. The first-order valence-corrected chi connectivity index (χ1v) is 7.22. The van der Waals surface area contributed by atoms with Crippen LogP contribution in [0.3, 0.4) is 0 Å². The quantitative estimate of drug-likeness (QED) is 0.382. The molecule has 5 nitrogen and oxygen atoms in total. The number of amides is 1. The Balaban J connectivity index is 1.62. The van der Waals surface area contributed by atoms with Crippen LogP contribution < -0.4 is 10.9 Å². The topological polar surface area (TPSA) is 69.3 Å². The Morgan fingerprint density at radius 2 is 1.96 bits per heavy atom. The Hall–Kier alpha value is -2.93. The van der Waals surface area contributed by atoms with Gasteiger partial charge in [-0.2, -0.15) is 0 Å². The number of hydrogen-bond donors (Lipinski definition) is 3. The molecule has 0 aliphatic rings. The number of aromatic nitrogens is 1. The predicted molar refractivity (Wildman–Crippen MR) is 88.4 cm³/mol. The number of aliphatic imine (C=N–C) groups is 1. The maximum Gasteiger partial charge on any atom is 0.286 e. The molecule has 1 amide bonds. The van der Waals surface area contributed by atoms with Gasteiger partial charge in [0.2, 0.25) is 0 Å². The van der Waals surface area contributed by atoms with Gasteiger partial charge >= 0.3 is 0 Å². The van der Waals surface area contributed by atoms with Gasteiger partial charge in [-0.05, 0) is 36.4 Å². The van der Waals surface area contributed by atoms with Gasteiger partial charge in [0.25, 0.3) is 5.91 Å². The van der Waals surface area contributed by atoms with E-state index in [-0.39, 0.29) is 5.69 Å². The third kappa shape index (κ3) is 3.52. The number of H-pyrrole nitrogens is 1. The lowest BCUT2D eigenvalue weighted by Gasteiger charge is -2.01. The number of hydrogen-bond acceptors (Lipinski definition) is 2. The number of aromatic amines is 1. The van der Waals surface area contributed by atoms with E-state index in [0.717, 1.165) is 29.4 Å². The average molecular weight is 349 g/mol. The third-order valence-corrected chi connectivity index (χ3v) is 3.43. The smallest absolute Gasteiger partial charge is 0.286 e. The van der Waals surface area contributed by atoms with Crippen LogP contribution in [0.1, 0.15) is 10.5 Å². The summed E-state index contributed by atoms with van der Waals surface area (Å²) in [5, 5.41) is 1.38. The van der Waals surface area contributed by atoms with Crippen molar-refractivity contribution in [2.75, 3.05) is 0 Å². The molecule has 0 atom stereocenters. The number of hydrazine groups is 1. The predicted octanol–water partition coefficient (Wildman–Crippen LogP) is 3.69. The minimum Gasteiger partial charge on any atom is -0.350 e. The van der Waals surface area contributed by atoms with E-state index in [4.69, 9.17) is 11.6 Å². The zero-order valence-corrected chi connectivity index (χ0v) is 12.9. The third-order valence-electron chi connectivity index (χ3n) is 3.19. The number of rotatable bonds is 4. The highest BCUT2D eigenvalue weighted by atomic mass is 35.5. The summed E-state index contributed by atoms with van der Waals surface area (Å²) in [7, 11) is 0. The molecule has 0 spiro atoms. The fourth-order valence-corrected chi connectivity index (χ4v) is 2.24. The van der Waals surface area contributed by atoms with E-state index in [9.17, 15) is 13.6 Å². The molecule has 0 unspecified atom stereocenters. The first-order valence-electron chi connectivity index (χ1n) is 6.84. The van der Waals surface area contributed by atoms with Crippen LogP contribution >= 0.6 is 11.6 Å². The van der Waals surface area contributed by atoms with Gasteiger partial charge in [0, 0.05) is 22.0 Å². The summed E-state index contributed by atoms with van der Waals surface area (Å²) in [4.78, 5) is 18.8. The van der Waals surface area contributed by atoms with E-state index in [1.54, 1.807) is 24.3 Å². The SMILES string of the molecule is O=C(NNC=Nc1ccc(F)c(F)c1)c1cc2cc(Cl)ccc2[nH]1. The van der Waals surface area contributed by atoms with Gasteiger partial charge in [-0.15, -0.1) is 0 Å². The molecule has 3 N–H and O–H groups in total. The van der Waals surface area contributed by atoms with Crippen molar-refractivity contribution in [3.63, 3.8) is 0 Å². The van der Waals surface area contributed by atoms with Crippen molar-refractivity contribution in [1.82, 2.24) is 15.8 Å². The highest BCUT2D eigenvalue weighted by Crippen LogP contribution is 2.20. The number of carbonyl (C=O) groups excluding carboxylic acids is 1. The van der Waals surface area contributed by atoms with Crippen molar-refractivity contribution in [1.29, 1.82) is 0 Å². The van der Waals surface area contributed by atoms with Crippen molar-refractivity contribution in [3.05, 3.63) is 64.8 Å². The van der Waals surface area contributed by atoms with Crippen molar-refractivity contribution in [2.45, 2.75) is 0 Å². The zero-order valence-electron chi connectivity index (χ0n) is 12.1. The largest absolute Gasteiger partial charge is 0.350 e. The highest BCUT2D eigenvalue weighted by Gasteiger charge is 2.08. The molecule has 0 fully saturated rings. The van der Waals surface area contributed by atoms with Crippen molar-refractivity contribution < 1.29 is 13.6 Å². The van der Waals surface area contributed by atoms with Gasteiger partial charge in [0.15, 0.2) is 11.6 Å². The monoisotopic (exact) mass is 348 g/mol. The van der Waals surface area contributed by atoms with Crippen LogP contribution in [0.4, 0.5) is 14.5 Å². The van der Waals surface area contributed by atoms with E-state index < -0.39 is 17.5 Å². The van der Waals surface area contributed by atoms with Gasteiger partial charge in [0.05, 0.1) is 5.69 Å². The van der Waals surface area contributed by atoms with E-state index in [1.807, 2.05) is 0 Å². The molecular formula is C16H11ClF2N4O. The molecule has 0 saturated heterocycles. The van der Waals surface area contributed by atoms with E-state index in [2.05, 4.69) is 20.8 Å². The summed E-state index contributed by atoms with van der Waals surface area (Å²) in [6.07, 6.45) is 1.16. The summed E-state index contributed by atoms with van der Waals surface area (Å²) in [6.45, 7) is 0. The second kappa shape index (κ2) is 6.67. The molecule has 0 bridgehead atoms. The lowest BCUT2D eigenvalue weighted by Crippen LogP contribution is -2.36. The number of nitrogens with one attached hydrogen (secondary N) is 3. The number of fused-ring (bicyclic) bond motifs is 1. The van der Waals surface area contributed by atoms with Crippen LogP contribution in [-0.4, -0.2) is 17.2 Å². The fourth-order valence-electron chi connectivity index (χ4n) is 2.06. The molecule has 0 aliphatic carbocycles. The van der Waals surface area contributed by atoms with Crippen LogP contribution in [0, 0.1) is 11.6 Å². The second-order valence-corrected chi connectivity index (χ2v) is 5.31.